The molecule has 17 heavy (non-hydrogen) atoms. The number of aliphatic hydroxyl groups is 1. The highest BCUT2D eigenvalue weighted by Gasteiger charge is 2.30. The molecule has 0 bridgehead atoms. The van der Waals surface area contributed by atoms with Crippen LogP contribution in [-0.2, 0) is 13.0 Å². The Labute approximate surface area is 102 Å². The minimum absolute atomic E-state index is 0.162. The largest absolute Gasteiger partial charge is 0.389 e. The van der Waals surface area contributed by atoms with Gasteiger partial charge in [-0.05, 0) is 43.0 Å². The molecule has 94 valence electrons. The Morgan fingerprint density at radius 1 is 1.35 bits per heavy atom. The van der Waals surface area contributed by atoms with E-state index < -0.39 is 5.60 Å². The van der Waals surface area contributed by atoms with Gasteiger partial charge >= 0.3 is 0 Å². The molecule has 1 aliphatic heterocycles. The lowest BCUT2D eigenvalue weighted by Crippen LogP contribution is -2.29. The number of β-amino-alcohol motifs (C(OH)–C–C–N with tert-alkyl or cyclic N) is 1. The van der Waals surface area contributed by atoms with Crippen LogP contribution in [0.1, 0.15) is 31.4 Å². The van der Waals surface area contributed by atoms with Crippen molar-refractivity contribution in [1.29, 1.82) is 0 Å². The van der Waals surface area contributed by atoms with E-state index >= 15 is 0 Å². The Bertz CT molecular complexity index is 403. The summed E-state index contributed by atoms with van der Waals surface area (Å²) in [6.45, 7) is 6.16. The summed E-state index contributed by atoms with van der Waals surface area (Å²) in [7, 11) is 0. The summed E-state index contributed by atoms with van der Waals surface area (Å²) in [5, 5.41) is 9.88. The molecule has 0 aliphatic carbocycles. The van der Waals surface area contributed by atoms with Gasteiger partial charge in [0.1, 0.15) is 5.82 Å². The van der Waals surface area contributed by atoms with Gasteiger partial charge in [-0.1, -0.05) is 13.0 Å². The number of hydrogen-bond donors (Lipinski definition) is 1. The lowest BCUT2D eigenvalue weighted by Gasteiger charge is -2.19. The van der Waals surface area contributed by atoms with E-state index in [1.807, 2.05) is 13.8 Å². The van der Waals surface area contributed by atoms with Crippen LogP contribution >= 0.6 is 0 Å². The molecular weight excluding hydrogens is 217 g/mol. The van der Waals surface area contributed by atoms with Crippen molar-refractivity contribution in [1.82, 2.24) is 4.90 Å². The van der Waals surface area contributed by atoms with E-state index in [2.05, 4.69) is 11.0 Å². The van der Waals surface area contributed by atoms with Gasteiger partial charge in [0.15, 0.2) is 0 Å². The molecule has 1 saturated heterocycles. The molecule has 0 aromatic heterocycles. The van der Waals surface area contributed by atoms with Gasteiger partial charge in [-0.2, -0.15) is 0 Å². The first kappa shape index (κ1) is 12.5. The molecule has 1 aromatic rings. The van der Waals surface area contributed by atoms with E-state index in [1.54, 1.807) is 12.1 Å². The van der Waals surface area contributed by atoms with Crippen LogP contribution < -0.4 is 0 Å². The zero-order valence-electron chi connectivity index (χ0n) is 10.5. The highest BCUT2D eigenvalue weighted by atomic mass is 19.1. The first-order valence-electron chi connectivity index (χ1n) is 6.21. The van der Waals surface area contributed by atoms with Crippen molar-refractivity contribution >= 4 is 0 Å². The number of aryl methyl sites for hydroxylation is 1. The summed E-state index contributed by atoms with van der Waals surface area (Å²) < 4.78 is 13.4. The molecule has 0 amide bonds. The zero-order valence-corrected chi connectivity index (χ0v) is 10.5. The van der Waals surface area contributed by atoms with Gasteiger partial charge in [0.05, 0.1) is 5.60 Å². The van der Waals surface area contributed by atoms with E-state index in [1.165, 1.54) is 0 Å². The van der Waals surface area contributed by atoms with Gasteiger partial charge in [0.2, 0.25) is 0 Å². The monoisotopic (exact) mass is 237 g/mol. The summed E-state index contributed by atoms with van der Waals surface area (Å²) in [5.74, 6) is -0.162. The van der Waals surface area contributed by atoms with Gasteiger partial charge in [-0.25, -0.2) is 4.39 Å². The Morgan fingerprint density at radius 2 is 2.06 bits per heavy atom. The molecule has 1 heterocycles. The smallest absolute Gasteiger partial charge is 0.123 e. The number of nitrogens with zero attached hydrogens (tertiary/aromatic N) is 1. The molecule has 0 saturated carbocycles. The minimum atomic E-state index is -0.582. The fourth-order valence-corrected chi connectivity index (χ4v) is 2.44. The Hall–Kier alpha value is -0.930. The Kier molecular flexibility index (Phi) is 3.50. The van der Waals surface area contributed by atoms with Crippen LogP contribution in [0.2, 0.25) is 0 Å². The maximum absolute atomic E-state index is 13.4. The second-order valence-corrected chi connectivity index (χ2v) is 5.28. The second-order valence-electron chi connectivity index (χ2n) is 5.28. The van der Waals surface area contributed by atoms with Crippen molar-refractivity contribution in [3.05, 3.63) is 35.1 Å². The van der Waals surface area contributed by atoms with Crippen molar-refractivity contribution in [2.75, 3.05) is 13.1 Å². The Balaban J connectivity index is 2.06. The lowest BCUT2D eigenvalue weighted by atomic mass is 10.1. The summed E-state index contributed by atoms with van der Waals surface area (Å²) in [4.78, 5) is 2.17. The molecule has 1 fully saturated rings. The van der Waals surface area contributed by atoms with Gasteiger partial charge in [0.25, 0.3) is 0 Å². The van der Waals surface area contributed by atoms with Crippen LogP contribution in [-0.4, -0.2) is 28.7 Å². The fraction of sp³-hybridized carbons (Fsp3) is 0.571. The summed E-state index contributed by atoms with van der Waals surface area (Å²) in [6, 6.07) is 5.23. The van der Waals surface area contributed by atoms with Crippen LogP contribution in [0.15, 0.2) is 18.2 Å². The zero-order chi connectivity index (χ0) is 12.5. The minimum Gasteiger partial charge on any atom is -0.389 e. The van der Waals surface area contributed by atoms with Gasteiger partial charge in [-0.3, -0.25) is 4.90 Å². The quantitative estimate of drug-likeness (QED) is 0.872. The number of halogens is 1. The van der Waals surface area contributed by atoms with Crippen LogP contribution in [0.5, 0.6) is 0 Å². The average molecular weight is 237 g/mol. The van der Waals surface area contributed by atoms with Gasteiger partial charge < -0.3 is 5.11 Å². The molecule has 1 N–H and O–H groups in total. The number of benzene rings is 1. The average Bonchev–Trinajstić information content (AvgIpc) is 2.57. The molecule has 1 aliphatic rings. The third-order valence-corrected chi connectivity index (χ3v) is 3.36. The first-order valence-corrected chi connectivity index (χ1v) is 6.21. The molecule has 1 unspecified atom stereocenters. The van der Waals surface area contributed by atoms with Crippen molar-refractivity contribution in [2.45, 2.75) is 38.8 Å². The van der Waals surface area contributed by atoms with E-state index in [-0.39, 0.29) is 5.82 Å². The highest BCUT2D eigenvalue weighted by molar-refractivity contribution is 5.24. The topological polar surface area (TPSA) is 23.5 Å². The SMILES string of the molecule is CCc1cc(F)cc(CN2CCC(C)(O)C2)c1. The number of hydrogen-bond acceptors (Lipinski definition) is 2. The molecule has 2 nitrogen and oxygen atoms in total. The third-order valence-electron chi connectivity index (χ3n) is 3.36. The molecule has 0 spiro atoms. The standard InChI is InChI=1S/C14H20FNO/c1-3-11-6-12(8-13(15)7-11)9-16-5-4-14(2,17)10-16/h6-8,17H,3-5,9-10H2,1-2H3. The van der Waals surface area contributed by atoms with E-state index in [4.69, 9.17) is 0 Å². The predicted molar refractivity (Wildman–Crippen MR) is 66.3 cm³/mol. The van der Waals surface area contributed by atoms with Gasteiger partial charge in [-0.15, -0.1) is 0 Å². The van der Waals surface area contributed by atoms with Crippen LogP contribution in [0.3, 0.4) is 0 Å². The summed E-state index contributed by atoms with van der Waals surface area (Å²) >= 11 is 0. The van der Waals surface area contributed by atoms with Crippen molar-refractivity contribution in [2.24, 2.45) is 0 Å². The van der Waals surface area contributed by atoms with E-state index in [0.29, 0.717) is 6.54 Å². The maximum atomic E-state index is 13.4. The van der Waals surface area contributed by atoms with Crippen molar-refractivity contribution < 1.29 is 9.50 Å². The van der Waals surface area contributed by atoms with Crippen molar-refractivity contribution in [3.8, 4) is 0 Å². The number of likely N-dealkylation sites (tertiary alicyclic amines) is 1. The third kappa shape index (κ3) is 3.27. The normalized spacial score (nSPS) is 25.4. The van der Waals surface area contributed by atoms with E-state index in [0.717, 1.165) is 37.1 Å². The fourth-order valence-electron chi connectivity index (χ4n) is 2.44. The molecule has 0 radical (unpaired) electrons. The van der Waals surface area contributed by atoms with Gasteiger partial charge in [0, 0.05) is 19.6 Å². The van der Waals surface area contributed by atoms with Crippen molar-refractivity contribution in [3.63, 3.8) is 0 Å². The number of rotatable bonds is 3. The molecule has 1 aromatic carbocycles. The molecule has 1 atom stereocenters. The van der Waals surface area contributed by atoms with Crippen LogP contribution in [0.25, 0.3) is 0 Å². The highest BCUT2D eigenvalue weighted by Crippen LogP contribution is 2.22. The summed E-state index contributed by atoms with van der Waals surface area (Å²) in [6.07, 6.45) is 1.64. The van der Waals surface area contributed by atoms with Crippen LogP contribution in [0.4, 0.5) is 4.39 Å². The van der Waals surface area contributed by atoms with E-state index in [9.17, 15) is 9.50 Å². The predicted octanol–water partition coefficient (Wildman–Crippen LogP) is 2.34. The molecule has 3 heteroatoms. The second kappa shape index (κ2) is 4.75. The lowest BCUT2D eigenvalue weighted by molar-refractivity contribution is 0.0679. The molecule has 2 rings (SSSR count). The molecular formula is C14H20FNO. The Morgan fingerprint density at radius 3 is 2.65 bits per heavy atom. The first-order chi connectivity index (χ1) is 7.98. The van der Waals surface area contributed by atoms with Crippen LogP contribution in [0, 0.1) is 5.82 Å². The maximum Gasteiger partial charge on any atom is 0.123 e. The summed E-state index contributed by atoms with van der Waals surface area (Å²) in [5.41, 5.74) is 1.45.